The molecule has 2 heteroatoms. The van der Waals surface area contributed by atoms with Crippen LogP contribution >= 0.6 is 0 Å². The minimum absolute atomic E-state index is 0.0442. The van der Waals surface area contributed by atoms with Crippen LogP contribution in [-0.2, 0) is 9.59 Å². The molecule has 2 aromatic rings. The first kappa shape index (κ1) is 12.3. The molecule has 3 rings (SSSR count). The molecule has 0 amide bonds. The molecule has 0 bridgehead atoms. The molecule has 0 saturated heterocycles. The number of ketones is 2. The number of carbonyl (C=O) groups excluding carboxylic acids is 2. The van der Waals surface area contributed by atoms with E-state index >= 15 is 0 Å². The number of allylic oxidation sites excluding steroid dienone is 3. The SMILES string of the molecule is C=C1C(=O)C(c2ccccc2)=C(c2ccccc2)C1=O. The zero-order valence-corrected chi connectivity index (χ0v) is 10.8. The third kappa shape index (κ3) is 1.82. The first-order valence-electron chi connectivity index (χ1n) is 6.33. The zero-order chi connectivity index (χ0) is 14.1. The summed E-state index contributed by atoms with van der Waals surface area (Å²) in [5, 5.41) is 0. The summed E-state index contributed by atoms with van der Waals surface area (Å²) in [6, 6.07) is 18.5. The van der Waals surface area contributed by atoms with Gasteiger partial charge in [0.2, 0.25) is 0 Å². The van der Waals surface area contributed by atoms with Gasteiger partial charge in [-0.25, -0.2) is 0 Å². The van der Waals surface area contributed by atoms with E-state index in [0.717, 1.165) is 11.1 Å². The van der Waals surface area contributed by atoms with Crippen LogP contribution in [0.4, 0.5) is 0 Å². The molecule has 1 aliphatic carbocycles. The number of Topliss-reactive ketones (excluding diaryl/α,β-unsaturated/α-hetero) is 2. The van der Waals surface area contributed by atoms with E-state index in [1.165, 1.54) is 0 Å². The third-order valence-electron chi connectivity index (χ3n) is 3.38. The fraction of sp³-hybridized carbons (Fsp3) is 0. The maximum atomic E-state index is 12.3. The summed E-state index contributed by atoms with van der Waals surface area (Å²) in [7, 11) is 0. The Balaban J connectivity index is 2.29. The standard InChI is InChI=1S/C18H12O2/c1-12-17(19)15(13-8-4-2-5-9-13)16(18(12)20)14-10-6-3-7-11-14/h2-11H,1H2. The summed E-state index contributed by atoms with van der Waals surface area (Å²) in [4.78, 5) is 24.6. The maximum absolute atomic E-state index is 12.3. The molecule has 0 N–H and O–H groups in total. The summed E-state index contributed by atoms with van der Waals surface area (Å²) in [6.07, 6.45) is 0. The highest BCUT2D eigenvalue weighted by Crippen LogP contribution is 2.37. The molecule has 20 heavy (non-hydrogen) atoms. The van der Waals surface area contributed by atoms with Gasteiger partial charge in [-0.1, -0.05) is 67.2 Å². The molecule has 0 fully saturated rings. The van der Waals surface area contributed by atoms with Crippen molar-refractivity contribution < 1.29 is 9.59 Å². The van der Waals surface area contributed by atoms with Crippen molar-refractivity contribution in [2.45, 2.75) is 0 Å². The molecule has 96 valence electrons. The highest BCUT2D eigenvalue weighted by molar-refractivity contribution is 6.60. The van der Waals surface area contributed by atoms with Crippen LogP contribution in [0, 0.1) is 0 Å². The first-order chi connectivity index (χ1) is 9.70. The van der Waals surface area contributed by atoms with Gasteiger partial charge in [-0.3, -0.25) is 9.59 Å². The van der Waals surface area contributed by atoms with E-state index in [4.69, 9.17) is 0 Å². The average molecular weight is 260 g/mol. The quantitative estimate of drug-likeness (QED) is 0.613. The lowest BCUT2D eigenvalue weighted by Gasteiger charge is -2.05. The van der Waals surface area contributed by atoms with Crippen LogP contribution in [0.3, 0.4) is 0 Å². The van der Waals surface area contributed by atoms with Crippen LogP contribution in [0.5, 0.6) is 0 Å². The topological polar surface area (TPSA) is 34.1 Å². The molecule has 0 saturated carbocycles. The molecule has 2 aromatic carbocycles. The van der Waals surface area contributed by atoms with E-state index in [1.807, 2.05) is 60.7 Å². The van der Waals surface area contributed by atoms with E-state index in [-0.39, 0.29) is 17.1 Å². The summed E-state index contributed by atoms with van der Waals surface area (Å²) in [6.45, 7) is 3.63. The summed E-state index contributed by atoms with van der Waals surface area (Å²) in [5.74, 6) is -0.555. The van der Waals surface area contributed by atoms with E-state index in [1.54, 1.807) is 0 Å². The highest BCUT2D eigenvalue weighted by atomic mass is 16.2. The van der Waals surface area contributed by atoms with E-state index < -0.39 is 0 Å². The van der Waals surface area contributed by atoms with E-state index in [9.17, 15) is 9.59 Å². The fourth-order valence-electron chi connectivity index (χ4n) is 2.39. The second-order valence-electron chi connectivity index (χ2n) is 4.62. The first-order valence-corrected chi connectivity index (χ1v) is 6.33. The van der Waals surface area contributed by atoms with Gasteiger partial charge in [-0.15, -0.1) is 0 Å². The van der Waals surface area contributed by atoms with Crippen LogP contribution in [-0.4, -0.2) is 11.6 Å². The Bertz CT molecular complexity index is 674. The number of carbonyl (C=O) groups is 2. The fourth-order valence-corrected chi connectivity index (χ4v) is 2.39. The van der Waals surface area contributed by atoms with Crippen molar-refractivity contribution >= 4 is 22.7 Å². The molecule has 2 nitrogen and oxygen atoms in total. The van der Waals surface area contributed by atoms with Gasteiger partial charge in [0.1, 0.15) is 0 Å². The van der Waals surface area contributed by atoms with Crippen molar-refractivity contribution in [3.63, 3.8) is 0 Å². The molecule has 1 aliphatic rings. The van der Waals surface area contributed by atoms with Crippen molar-refractivity contribution in [3.05, 3.63) is 83.9 Å². The smallest absolute Gasteiger partial charge is 0.197 e. The van der Waals surface area contributed by atoms with Gasteiger partial charge in [-0.2, -0.15) is 0 Å². The Labute approximate surface area is 117 Å². The predicted molar refractivity (Wildman–Crippen MR) is 78.9 cm³/mol. The Kier molecular flexibility index (Phi) is 2.92. The van der Waals surface area contributed by atoms with Crippen molar-refractivity contribution in [1.82, 2.24) is 0 Å². The third-order valence-corrected chi connectivity index (χ3v) is 3.38. The van der Waals surface area contributed by atoms with Gasteiger partial charge in [0, 0.05) is 11.1 Å². The van der Waals surface area contributed by atoms with Gasteiger partial charge in [-0.05, 0) is 11.1 Å². The number of hydrogen-bond donors (Lipinski definition) is 0. The van der Waals surface area contributed by atoms with Crippen molar-refractivity contribution in [2.24, 2.45) is 0 Å². The second-order valence-corrected chi connectivity index (χ2v) is 4.62. The number of rotatable bonds is 2. The zero-order valence-electron chi connectivity index (χ0n) is 10.8. The van der Waals surface area contributed by atoms with Crippen LogP contribution in [0.1, 0.15) is 11.1 Å². The molecule has 0 heterocycles. The summed E-state index contributed by atoms with van der Waals surface area (Å²) < 4.78 is 0. The van der Waals surface area contributed by atoms with Gasteiger partial charge in [0.05, 0.1) is 5.57 Å². The molecular formula is C18H12O2. The van der Waals surface area contributed by atoms with Gasteiger partial charge in [0.15, 0.2) is 11.6 Å². The van der Waals surface area contributed by atoms with Crippen LogP contribution in [0.25, 0.3) is 11.1 Å². The van der Waals surface area contributed by atoms with Gasteiger partial charge in [0.25, 0.3) is 0 Å². The highest BCUT2D eigenvalue weighted by Gasteiger charge is 2.35. The van der Waals surface area contributed by atoms with Crippen molar-refractivity contribution in [3.8, 4) is 0 Å². The lowest BCUT2D eigenvalue weighted by molar-refractivity contribution is -0.114. The lowest BCUT2D eigenvalue weighted by Crippen LogP contribution is -2.02. The lowest BCUT2D eigenvalue weighted by atomic mass is 9.96. The Morgan fingerprint density at radius 3 is 1.30 bits per heavy atom. The predicted octanol–water partition coefficient (Wildman–Crippen LogP) is 3.31. The van der Waals surface area contributed by atoms with Crippen molar-refractivity contribution in [1.29, 1.82) is 0 Å². The molecule has 0 spiro atoms. The van der Waals surface area contributed by atoms with Gasteiger partial charge < -0.3 is 0 Å². The summed E-state index contributed by atoms with van der Waals surface area (Å²) >= 11 is 0. The van der Waals surface area contributed by atoms with Crippen LogP contribution < -0.4 is 0 Å². The van der Waals surface area contributed by atoms with Crippen molar-refractivity contribution in [2.75, 3.05) is 0 Å². The average Bonchev–Trinajstić information content (AvgIpc) is 2.73. The minimum Gasteiger partial charge on any atom is -0.288 e. The number of hydrogen-bond acceptors (Lipinski definition) is 2. The second kappa shape index (κ2) is 4.74. The number of benzene rings is 2. The molecule has 0 unspecified atom stereocenters. The Hall–Kier alpha value is -2.74. The molecule has 0 aliphatic heterocycles. The normalized spacial score (nSPS) is 15.1. The maximum Gasteiger partial charge on any atom is 0.197 e. The van der Waals surface area contributed by atoms with Gasteiger partial charge >= 0.3 is 0 Å². The van der Waals surface area contributed by atoms with E-state index in [2.05, 4.69) is 6.58 Å². The monoisotopic (exact) mass is 260 g/mol. The molecule has 0 radical (unpaired) electrons. The molecule has 0 aromatic heterocycles. The molecular weight excluding hydrogens is 248 g/mol. The summed E-state index contributed by atoms with van der Waals surface area (Å²) in [5.41, 5.74) is 2.45. The van der Waals surface area contributed by atoms with Crippen LogP contribution in [0.2, 0.25) is 0 Å². The minimum atomic E-state index is -0.278. The van der Waals surface area contributed by atoms with E-state index in [0.29, 0.717) is 11.1 Å². The molecule has 0 atom stereocenters. The largest absolute Gasteiger partial charge is 0.288 e. The Morgan fingerprint density at radius 2 is 0.950 bits per heavy atom. The van der Waals surface area contributed by atoms with Crippen LogP contribution in [0.15, 0.2) is 72.8 Å². The Morgan fingerprint density at radius 1 is 0.600 bits per heavy atom.